The van der Waals surface area contributed by atoms with Gasteiger partial charge in [0.1, 0.15) is 24.1 Å². The van der Waals surface area contributed by atoms with Crippen molar-refractivity contribution >= 4 is 27.0 Å². The summed E-state index contributed by atoms with van der Waals surface area (Å²) in [5, 5.41) is 38.2. The number of nitrogens with one attached hydrogen (secondary N) is 2. The van der Waals surface area contributed by atoms with Crippen LogP contribution in [0.5, 0.6) is 0 Å². The zero-order valence-corrected chi connectivity index (χ0v) is 22.5. The van der Waals surface area contributed by atoms with Gasteiger partial charge in [0.25, 0.3) is 5.95 Å². The highest BCUT2D eigenvalue weighted by Crippen LogP contribution is 2.33. The van der Waals surface area contributed by atoms with Crippen LogP contribution in [0.15, 0.2) is 47.9 Å². The van der Waals surface area contributed by atoms with Gasteiger partial charge in [-0.2, -0.15) is 15.1 Å². The van der Waals surface area contributed by atoms with E-state index < -0.39 is 47.0 Å². The van der Waals surface area contributed by atoms with E-state index in [1.54, 1.807) is 6.20 Å². The van der Waals surface area contributed by atoms with Crippen molar-refractivity contribution in [2.24, 2.45) is 0 Å². The Morgan fingerprint density at radius 3 is 2.56 bits per heavy atom. The van der Waals surface area contributed by atoms with Crippen molar-refractivity contribution in [3.05, 3.63) is 54.4 Å². The highest BCUT2D eigenvalue weighted by atomic mass is 32.2. The average molecular weight is 589 g/mol. The maximum atomic E-state index is 13.2. The number of sulfonamides is 1. The molecule has 1 aromatic carbocycles. The number of anilines is 1. The summed E-state index contributed by atoms with van der Waals surface area (Å²) in [6, 6.07) is 4.69. The average Bonchev–Trinajstić information content (AvgIpc) is 3.76. The summed E-state index contributed by atoms with van der Waals surface area (Å²) in [5.74, 6) is 0.0688. The number of hydrogen-bond acceptors (Lipinski definition) is 11. The highest BCUT2D eigenvalue weighted by Gasteiger charge is 2.44. The van der Waals surface area contributed by atoms with Crippen LogP contribution in [0.25, 0.3) is 17.1 Å². The molecular weight excluding hydrogens is 559 g/mol. The van der Waals surface area contributed by atoms with Gasteiger partial charge in [0.2, 0.25) is 10.0 Å². The number of fused-ring (bicyclic) bond motifs is 1. The molecule has 1 saturated carbocycles. The Morgan fingerprint density at radius 1 is 1.10 bits per heavy atom. The van der Waals surface area contributed by atoms with Crippen molar-refractivity contribution < 1.29 is 32.9 Å². The molecule has 16 heteroatoms. The molecule has 2 aliphatic rings. The van der Waals surface area contributed by atoms with Gasteiger partial charge in [-0.15, -0.1) is 0 Å². The van der Waals surface area contributed by atoms with Crippen LogP contribution in [0.1, 0.15) is 37.5 Å². The van der Waals surface area contributed by atoms with E-state index in [1.165, 1.54) is 33.9 Å². The molecule has 0 bridgehead atoms. The molecule has 1 aliphatic carbocycles. The molecule has 2 unspecified atom stereocenters. The summed E-state index contributed by atoms with van der Waals surface area (Å²) in [7, 11) is -3.89. The number of aromatic nitrogens is 6. The van der Waals surface area contributed by atoms with Gasteiger partial charge in [0.05, 0.1) is 24.0 Å². The van der Waals surface area contributed by atoms with Gasteiger partial charge in [-0.05, 0) is 37.1 Å². The summed E-state index contributed by atoms with van der Waals surface area (Å²) in [6.45, 7) is -0.563. The summed E-state index contributed by atoms with van der Waals surface area (Å²) in [6.07, 6.45) is 3.93. The van der Waals surface area contributed by atoms with Crippen LogP contribution in [0.3, 0.4) is 0 Å². The van der Waals surface area contributed by atoms with Crippen LogP contribution in [-0.2, 0) is 21.3 Å². The first-order valence-corrected chi connectivity index (χ1v) is 14.6. The molecule has 6 rings (SSSR count). The third-order valence-electron chi connectivity index (χ3n) is 7.33. The predicted molar refractivity (Wildman–Crippen MR) is 142 cm³/mol. The molecule has 2 fully saturated rings. The second-order valence-corrected chi connectivity index (χ2v) is 11.9. The van der Waals surface area contributed by atoms with Crippen LogP contribution in [0.2, 0.25) is 0 Å². The van der Waals surface area contributed by atoms with E-state index in [2.05, 4.69) is 30.1 Å². The van der Waals surface area contributed by atoms with Crippen LogP contribution in [-0.4, -0.2) is 84.0 Å². The van der Waals surface area contributed by atoms with Crippen LogP contribution >= 0.6 is 0 Å². The summed E-state index contributed by atoms with van der Waals surface area (Å²) in [5.41, 5.74) is 1.25. The lowest BCUT2D eigenvalue weighted by Crippen LogP contribution is -2.33. The van der Waals surface area contributed by atoms with Crippen molar-refractivity contribution in [3.63, 3.8) is 0 Å². The van der Waals surface area contributed by atoms with Gasteiger partial charge in [0.15, 0.2) is 23.2 Å². The third-order valence-corrected chi connectivity index (χ3v) is 8.75. The topological polar surface area (TPSA) is 190 Å². The Bertz CT molecular complexity index is 1640. The molecule has 4 heterocycles. The Kier molecular flexibility index (Phi) is 7.43. The number of aliphatic hydroxyl groups excluding tert-OH is 3. The zero-order chi connectivity index (χ0) is 28.7. The molecule has 1 saturated heterocycles. The highest BCUT2D eigenvalue weighted by molar-refractivity contribution is 7.89. The zero-order valence-electron chi connectivity index (χ0n) is 21.7. The first kappa shape index (κ1) is 27.6. The minimum Gasteiger partial charge on any atom is -0.394 e. The molecule has 4 aromatic rings. The van der Waals surface area contributed by atoms with Gasteiger partial charge in [-0.3, -0.25) is 4.57 Å². The van der Waals surface area contributed by atoms with Gasteiger partial charge in [-0.25, -0.2) is 27.2 Å². The van der Waals surface area contributed by atoms with Crippen molar-refractivity contribution in [1.82, 2.24) is 34.0 Å². The first-order valence-electron chi connectivity index (χ1n) is 13.2. The standard InChI is InChI=1S/C25H29FN8O6S/c26-15-5-7-17(8-6-15)41(38,39)29-10-14-9-28-34(11-14)25-31-22(30-16-3-1-2-4-16)19-23(32-25)33(13-27-19)24-21(37)20(36)18(12-35)40-24/h5-9,11,13,16,18,20-21,24,29,35-37H,1-4,10,12H2,(H,30,31,32)/t18-,20?,21?,24-/m1/s1. The summed E-state index contributed by atoms with van der Waals surface area (Å²) in [4.78, 5) is 13.7. The maximum Gasteiger partial charge on any atom is 0.254 e. The molecule has 14 nitrogen and oxygen atoms in total. The van der Waals surface area contributed by atoms with Crippen molar-refractivity contribution in [1.29, 1.82) is 0 Å². The van der Waals surface area contributed by atoms with Gasteiger partial charge in [-0.1, -0.05) is 12.8 Å². The normalized spacial score (nSPS) is 23.5. The van der Waals surface area contributed by atoms with E-state index in [9.17, 15) is 28.1 Å². The van der Waals surface area contributed by atoms with E-state index in [0.717, 1.165) is 37.8 Å². The van der Waals surface area contributed by atoms with E-state index in [4.69, 9.17) is 4.74 Å². The fourth-order valence-electron chi connectivity index (χ4n) is 5.10. The molecule has 3 aromatic heterocycles. The molecular formula is C25H29FN8O6S. The van der Waals surface area contributed by atoms with Gasteiger partial charge in [0, 0.05) is 24.3 Å². The van der Waals surface area contributed by atoms with Crippen molar-refractivity contribution in [2.45, 2.75) is 67.7 Å². The number of imidazole rings is 1. The fraction of sp³-hybridized carbons (Fsp3) is 0.440. The second-order valence-electron chi connectivity index (χ2n) is 10.1. The lowest BCUT2D eigenvalue weighted by Gasteiger charge is -2.18. The van der Waals surface area contributed by atoms with Crippen molar-refractivity contribution in [2.75, 3.05) is 11.9 Å². The Morgan fingerprint density at radius 2 is 1.85 bits per heavy atom. The SMILES string of the molecule is O=S(=O)(NCc1cnn(-c2nc(NC3CCCC3)c3ncn([C@@H]4O[C@H](CO)C(O)C4O)c3n2)c1)c1ccc(F)cc1. The number of benzene rings is 1. The molecule has 5 N–H and O–H groups in total. The Balaban J connectivity index is 1.31. The van der Waals surface area contributed by atoms with E-state index in [1.807, 2.05) is 0 Å². The van der Waals surface area contributed by atoms with Crippen LogP contribution in [0.4, 0.5) is 10.2 Å². The molecule has 0 amide bonds. The number of nitrogens with zero attached hydrogens (tertiary/aromatic N) is 6. The van der Waals surface area contributed by atoms with Crippen LogP contribution in [0, 0.1) is 5.82 Å². The molecule has 41 heavy (non-hydrogen) atoms. The smallest absolute Gasteiger partial charge is 0.254 e. The van der Waals surface area contributed by atoms with Crippen LogP contribution < -0.4 is 10.0 Å². The van der Waals surface area contributed by atoms with Crippen molar-refractivity contribution in [3.8, 4) is 5.95 Å². The molecule has 4 atom stereocenters. The summed E-state index contributed by atoms with van der Waals surface area (Å²) < 4.78 is 49.4. The second kappa shape index (κ2) is 11.0. The number of ether oxygens (including phenoxy) is 1. The summed E-state index contributed by atoms with van der Waals surface area (Å²) >= 11 is 0. The third kappa shape index (κ3) is 5.41. The molecule has 218 valence electrons. The number of rotatable bonds is 9. The maximum absolute atomic E-state index is 13.2. The molecule has 1 aliphatic heterocycles. The molecule has 0 spiro atoms. The Hall–Kier alpha value is -3.54. The predicted octanol–water partition coefficient (Wildman–Crippen LogP) is 0.596. The fourth-order valence-corrected chi connectivity index (χ4v) is 6.12. The number of aliphatic hydroxyl groups is 3. The number of hydrogen-bond donors (Lipinski definition) is 5. The van der Waals surface area contributed by atoms with Gasteiger partial charge >= 0.3 is 0 Å². The lowest BCUT2D eigenvalue weighted by molar-refractivity contribution is -0.0511. The van der Waals surface area contributed by atoms with E-state index in [-0.39, 0.29) is 23.4 Å². The first-order chi connectivity index (χ1) is 19.7. The Labute approximate surface area is 233 Å². The quantitative estimate of drug-likeness (QED) is 0.184. The largest absolute Gasteiger partial charge is 0.394 e. The van der Waals surface area contributed by atoms with E-state index in [0.29, 0.717) is 22.5 Å². The monoisotopic (exact) mass is 588 g/mol. The lowest BCUT2D eigenvalue weighted by atomic mass is 10.1. The van der Waals surface area contributed by atoms with Gasteiger partial charge < -0.3 is 25.4 Å². The number of halogens is 1. The van der Waals surface area contributed by atoms with E-state index >= 15 is 0 Å². The minimum absolute atomic E-state index is 0.0687. The minimum atomic E-state index is -3.89. The molecule has 0 radical (unpaired) electrons.